The van der Waals surface area contributed by atoms with Crippen LogP contribution >= 0.6 is 7.92 Å². The summed E-state index contributed by atoms with van der Waals surface area (Å²) in [5, 5.41) is 31.9. The van der Waals surface area contributed by atoms with E-state index in [1.54, 1.807) is 36.1 Å². The summed E-state index contributed by atoms with van der Waals surface area (Å²) >= 11 is 0. The van der Waals surface area contributed by atoms with E-state index in [-0.39, 0.29) is 78.1 Å². The van der Waals surface area contributed by atoms with Crippen LogP contribution in [-0.4, -0.2) is 97.9 Å². The molecule has 1 aliphatic heterocycles. The second kappa shape index (κ2) is 18.8. The van der Waals surface area contributed by atoms with Crippen molar-refractivity contribution in [1.82, 2.24) is 4.31 Å². The minimum absolute atomic E-state index is 0.00103. The first-order chi connectivity index (χ1) is 26.4. The Kier molecular flexibility index (Phi) is 14.7. The third kappa shape index (κ3) is 10.9. The van der Waals surface area contributed by atoms with Gasteiger partial charge in [-0.15, -0.1) is 7.92 Å². The Hall–Kier alpha value is -4.90. The van der Waals surface area contributed by atoms with Gasteiger partial charge in [0.05, 0.1) is 10.6 Å². The number of sulfonamides is 1. The second-order valence-electron chi connectivity index (χ2n) is 13.0. The summed E-state index contributed by atoms with van der Waals surface area (Å²) < 4.78 is 68.3. The lowest BCUT2D eigenvalue weighted by Crippen LogP contribution is -2.55. The van der Waals surface area contributed by atoms with Crippen LogP contribution in [0.4, 0.5) is 11.4 Å². The number of para-hydroxylation sites is 2. The molecule has 19 heteroatoms. The molecule has 1 aliphatic rings. The monoisotopic (exact) mass is 832 g/mol. The number of nitrogens with zero attached hydrogens (tertiary/aromatic N) is 2. The van der Waals surface area contributed by atoms with Crippen LogP contribution < -0.4 is 15.1 Å². The minimum atomic E-state index is -4.79. The van der Waals surface area contributed by atoms with E-state index in [4.69, 9.17) is 4.74 Å². The van der Waals surface area contributed by atoms with Crippen LogP contribution in [0.15, 0.2) is 77.7 Å². The van der Waals surface area contributed by atoms with Gasteiger partial charge in [0.2, 0.25) is 5.60 Å². The lowest BCUT2D eigenvalue weighted by atomic mass is 9.79. The molecule has 1 unspecified atom stereocenters. The molecule has 0 aromatic heterocycles. The van der Waals surface area contributed by atoms with Crippen LogP contribution in [0, 0.1) is 6.92 Å². The SMILES string of the molecule is Cc1ccc(S(=O)(=O)N(CCCC(=O)[O-])C(=O)C2(OC(=O)CCP(CCC(=O)[O-])CCC(=O)O)c3ccccc3N(CCCS(=O)(=O)O)c3ccccc32)cc1. The average Bonchev–Trinajstić information content (AvgIpc) is 3.13. The van der Waals surface area contributed by atoms with Gasteiger partial charge in [0.15, 0.2) is 0 Å². The van der Waals surface area contributed by atoms with Crippen molar-refractivity contribution in [2.75, 3.05) is 42.2 Å². The lowest BCUT2D eigenvalue weighted by Gasteiger charge is -2.45. The number of carboxylic acid groups (broad SMARTS) is 3. The number of carboxylic acids is 3. The van der Waals surface area contributed by atoms with Gasteiger partial charge in [0.25, 0.3) is 26.0 Å². The molecule has 56 heavy (non-hydrogen) atoms. The van der Waals surface area contributed by atoms with Crippen molar-refractivity contribution in [3.05, 3.63) is 89.5 Å². The highest BCUT2D eigenvalue weighted by molar-refractivity contribution is 7.89. The van der Waals surface area contributed by atoms with Gasteiger partial charge in [0.1, 0.15) is 0 Å². The van der Waals surface area contributed by atoms with Crippen molar-refractivity contribution in [1.29, 1.82) is 0 Å². The highest BCUT2D eigenvalue weighted by Gasteiger charge is 2.56. The normalized spacial score (nSPS) is 13.9. The molecule has 0 bridgehead atoms. The molecule has 2 N–H and O–H groups in total. The topological polar surface area (TPSA) is 256 Å². The zero-order valence-corrected chi connectivity index (χ0v) is 32.9. The quantitative estimate of drug-likeness (QED) is 0.0881. The number of hydrogen-bond acceptors (Lipinski definition) is 13. The van der Waals surface area contributed by atoms with Gasteiger partial charge in [-0.3, -0.25) is 18.9 Å². The third-order valence-electron chi connectivity index (χ3n) is 8.98. The van der Waals surface area contributed by atoms with Crippen molar-refractivity contribution in [2.45, 2.75) is 55.9 Å². The largest absolute Gasteiger partial charge is 0.550 e. The number of benzene rings is 3. The molecule has 0 radical (unpaired) electrons. The summed E-state index contributed by atoms with van der Waals surface area (Å²) in [6.07, 6.45) is -2.05. The van der Waals surface area contributed by atoms with Crippen LogP contribution in [0.5, 0.6) is 0 Å². The summed E-state index contributed by atoms with van der Waals surface area (Å²) in [5.74, 6) is -6.88. The van der Waals surface area contributed by atoms with Crippen molar-refractivity contribution in [2.24, 2.45) is 0 Å². The zero-order valence-electron chi connectivity index (χ0n) is 30.4. The van der Waals surface area contributed by atoms with Crippen LogP contribution in [-0.2, 0) is 54.5 Å². The number of esters is 1. The fourth-order valence-electron chi connectivity index (χ4n) is 6.34. The maximum atomic E-state index is 15.4. The van der Waals surface area contributed by atoms with E-state index < -0.39 is 88.6 Å². The summed E-state index contributed by atoms with van der Waals surface area (Å²) in [6, 6.07) is 17.7. The first-order valence-corrected chi connectivity index (χ1v) is 22.4. The smallest absolute Gasteiger partial charge is 0.307 e. The zero-order chi connectivity index (χ0) is 41.3. The number of carbonyl (C=O) groups excluding carboxylic acids is 4. The van der Waals surface area contributed by atoms with Gasteiger partial charge < -0.3 is 34.5 Å². The van der Waals surface area contributed by atoms with E-state index in [1.807, 2.05) is 0 Å². The molecule has 0 spiro atoms. The van der Waals surface area contributed by atoms with Crippen LogP contribution in [0.3, 0.4) is 0 Å². The standard InChI is InChI=1S/C37H43N2O14PS2/c1-26-13-15-27(16-14-26)56(51,52)39(21-6-12-32(40)41)36(47)37(53-35(46)19-24-54(22-17-33(42)43)23-18-34(44)45)28-8-2-4-10-30(28)38(20-7-25-55(48,49)50)31-11-5-3-9-29(31)37/h2-5,8-11,13-16H,6-7,12,17-25H2,1H3,(H,40,41)(H,42,43)(H,44,45)(H,48,49,50)/p-2. The van der Waals surface area contributed by atoms with E-state index in [0.29, 0.717) is 9.87 Å². The number of ether oxygens (including phenoxy) is 1. The maximum absolute atomic E-state index is 15.4. The molecule has 0 fully saturated rings. The van der Waals surface area contributed by atoms with E-state index >= 15 is 4.79 Å². The van der Waals surface area contributed by atoms with Gasteiger partial charge in [-0.05, 0) is 75.4 Å². The third-order valence-corrected chi connectivity index (χ3v) is 14.2. The molecule has 3 aromatic carbocycles. The van der Waals surface area contributed by atoms with Crippen molar-refractivity contribution < 1.29 is 65.4 Å². The van der Waals surface area contributed by atoms with Crippen molar-refractivity contribution in [3.8, 4) is 0 Å². The highest BCUT2D eigenvalue weighted by atomic mass is 32.2. The Labute approximate surface area is 325 Å². The molecule has 16 nitrogen and oxygen atoms in total. The fraction of sp³-hybridized carbons (Fsp3) is 0.378. The maximum Gasteiger partial charge on any atom is 0.307 e. The summed E-state index contributed by atoms with van der Waals surface area (Å²) in [6.45, 7) is 1.02. The molecule has 302 valence electrons. The predicted molar refractivity (Wildman–Crippen MR) is 200 cm³/mol. The van der Waals surface area contributed by atoms with Crippen molar-refractivity contribution in [3.63, 3.8) is 0 Å². The molecule has 0 aliphatic carbocycles. The number of rotatable bonds is 21. The van der Waals surface area contributed by atoms with Gasteiger partial charge >= 0.3 is 11.9 Å². The lowest BCUT2D eigenvalue weighted by molar-refractivity contribution is -0.306. The average molecular weight is 833 g/mol. The molecule has 1 heterocycles. The molecule has 0 saturated heterocycles. The van der Waals surface area contributed by atoms with Gasteiger partial charge in [-0.1, -0.05) is 54.1 Å². The first-order valence-electron chi connectivity index (χ1n) is 17.5. The van der Waals surface area contributed by atoms with E-state index in [1.165, 1.54) is 48.5 Å². The van der Waals surface area contributed by atoms with E-state index in [0.717, 1.165) is 0 Å². The Morgan fingerprint density at radius 3 is 1.84 bits per heavy atom. The molecular formula is C37H41N2O14PS2-2. The Morgan fingerprint density at radius 2 is 1.30 bits per heavy atom. The first kappa shape index (κ1) is 43.8. The summed E-state index contributed by atoms with van der Waals surface area (Å²) in [5.41, 5.74) is -1.43. The number of anilines is 2. The molecule has 1 amide bonds. The fourth-order valence-corrected chi connectivity index (χ4v) is 10.5. The number of aliphatic carboxylic acids is 3. The number of fused-ring (bicyclic) bond motifs is 2. The Bertz CT molecular complexity index is 2100. The minimum Gasteiger partial charge on any atom is -0.550 e. The molecular weight excluding hydrogens is 792 g/mol. The van der Waals surface area contributed by atoms with Gasteiger partial charge in [-0.25, -0.2) is 12.7 Å². The summed E-state index contributed by atoms with van der Waals surface area (Å²) in [4.78, 5) is 64.9. The van der Waals surface area contributed by atoms with Crippen LogP contribution in [0.2, 0.25) is 0 Å². The Morgan fingerprint density at radius 1 is 0.768 bits per heavy atom. The summed E-state index contributed by atoms with van der Waals surface area (Å²) in [7, 11) is -10.5. The molecule has 3 aromatic rings. The number of hydrogen-bond donors (Lipinski definition) is 2. The van der Waals surface area contributed by atoms with Gasteiger partial charge in [-0.2, -0.15) is 8.42 Å². The number of amides is 1. The van der Waals surface area contributed by atoms with Gasteiger partial charge in [0, 0.05) is 60.4 Å². The predicted octanol–water partition coefficient (Wildman–Crippen LogP) is 1.75. The molecule has 1 atom stereocenters. The van der Waals surface area contributed by atoms with Crippen LogP contribution in [0.25, 0.3) is 0 Å². The Balaban J connectivity index is 1.92. The highest BCUT2D eigenvalue weighted by Crippen LogP contribution is 2.51. The second-order valence-corrected chi connectivity index (χ2v) is 19.1. The van der Waals surface area contributed by atoms with Crippen LogP contribution in [0.1, 0.15) is 55.2 Å². The number of carbonyl (C=O) groups is 5. The van der Waals surface area contributed by atoms with E-state index in [2.05, 4.69) is 0 Å². The van der Waals surface area contributed by atoms with E-state index in [9.17, 15) is 55.9 Å². The molecule has 4 rings (SSSR count). The molecule has 0 saturated carbocycles. The van der Waals surface area contributed by atoms with Crippen molar-refractivity contribution >= 4 is 69.2 Å². The number of aryl methyl sites for hydroxylation is 1.